The van der Waals surface area contributed by atoms with Crippen molar-refractivity contribution in [3.05, 3.63) is 45.8 Å². The van der Waals surface area contributed by atoms with E-state index in [-0.39, 0.29) is 16.5 Å². The summed E-state index contributed by atoms with van der Waals surface area (Å²) in [7, 11) is 0. The lowest BCUT2D eigenvalue weighted by Gasteiger charge is -2.27. The zero-order chi connectivity index (χ0) is 19.8. The standard InChI is InChI=1S/C18H20F2N2O4/c1-5-22-8-10(16(24)21-15(17(25)26)18(2,3)4)14(23)9-6-11(19)12(20)7-13(9)22/h6-8,15H,5H2,1-4H3,(H,21,24)(H,25,26). The summed E-state index contributed by atoms with van der Waals surface area (Å²) >= 11 is 0. The monoisotopic (exact) mass is 366 g/mol. The minimum atomic E-state index is -1.24. The summed E-state index contributed by atoms with van der Waals surface area (Å²) in [5.74, 6) is -4.43. The molecule has 1 atom stereocenters. The van der Waals surface area contributed by atoms with E-state index in [4.69, 9.17) is 0 Å². The third-order valence-electron chi connectivity index (χ3n) is 4.10. The topological polar surface area (TPSA) is 88.4 Å². The minimum absolute atomic E-state index is 0.151. The first-order chi connectivity index (χ1) is 12.0. The Bertz CT molecular complexity index is 945. The quantitative estimate of drug-likeness (QED) is 0.870. The van der Waals surface area contributed by atoms with Gasteiger partial charge in [-0.05, 0) is 18.4 Å². The smallest absolute Gasteiger partial charge is 0.326 e. The lowest BCUT2D eigenvalue weighted by molar-refractivity contribution is -0.142. The van der Waals surface area contributed by atoms with Crippen molar-refractivity contribution in [2.24, 2.45) is 5.41 Å². The number of carbonyl (C=O) groups is 2. The van der Waals surface area contributed by atoms with Crippen LogP contribution in [0.3, 0.4) is 0 Å². The third-order valence-corrected chi connectivity index (χ3v) is 4.10. The predicted molar refractivity (Wildman–Crippen MR) is 92.1 cm³/mol. The van der Waals surface area contributed by atoms with E-state index in [9.17, 15) is 28.3 Å². The normalized spacial score (nSPS) is 12.8. The van der Waals surface area contributed by atoms with Crippen molar-refractivity contribution in [1.82, 2.24) is 9.88 Å². The van der Waals surface area contributed by atoms with Gasteiger partial charge in [0.1, 0.15) is 11.6 Å². The number of nitrogens with one attached hydrogen (secondary N) is 1. The number of hydrogen-bond acceptors (Lipinski definition) is 3. The molecule has 2 N–H and O–H groups in total. The first-order valence-electron chi connectivity index (χ1n) is 8.03. The van der Waals surface area contributed by atoms with Crippen molar-refractivity contribution >= 4 is 22.8 Å². The highest BCUT2D eigenvalue weighted by molar-refractivity contribution is 5.99. The average Bonchev–Trinajstić information content (AvgIpc) is 2.53. The number of carboxylic acid groups (broad SMARTS) is 1. The molecule has 8 heteroatoms. The first-order valence-corrected chi connectivity index (χ1v) is 8.03. The van der Waals surface area contributed by atoms with E-state index in [0.29, 0.717) is 6.54 Å². The number of rotatable bonds is 4. The number of nitrogens with zero attached hydrogens (tertiary/aromatic N) is 1. The second kappa shape index (κ2) is 6.86. The molecule has 1 heterocycles. The molecule has 0 spiro atoms. The van der Waals surface area contributed by atoms with Gasteiger partial charge in [-0.2, -0.15) is 0 Å². The number of fused-ring (bicyclic) bond motifs is 1. The number of aliphatic carboxylic acids is 1. The zero-order valence-electron chi connectivity index (χ0n) is 14.9. The van der Waals surface area contributed by atoms with Gasteiger partial charge in [0.05, 0.1) is 5.52 Å². The van der Waals surface area contributed by atoms with Crippen LogP contribution in [0, 0.1) is 17.0 Å². The molecule has 1 amide bonds. The molecule has 0 bridgehead atoms. The molecule has 1 aromatic carbocycles. The van der Waals surface area contributed by atoms with Crippen molar-refractivity contribution in [1.29, 1.82) is 0 Å². The number of pyridine rings is 1. The molecule has 2 rings (SSSR count). The van der Waals surface area contributed by atoms with E-state index < -0.39 is 40.4 Å². The molecular weight excluding hydrogens is 346 g/mol. The van der Waals surface area contributed by atoms with Crippen molar-refractivity contribution in [3.8, 4) is 0 Å². The molecule has 26 heavy (non-hydrogen) atoms. The van der Waals surface area contributed by atoms with Gasteiger partial charge in [-0.25, -0.2) is 13.6 Å². The van der Waals surface area contributed by atoms with Crippen LogP contribution in [0.4, 0.5) is 8.78 Å². The average molecular weight is 366 g/mol. The van der Waals surface area contributed by atoms with E-state index in [1.165, 1.54) is 10.8 Å². The van der Waals surface area contributed by atoms with Crippen molar-refractivity contribution in [3.63, 3.8) is 0 Å². The Labute approximate surface area is 148 Å². The van der Waals surface area contributed by atoms with E-state index in [1.54, 1.807) is 27.7 Å². The third kappa shape index (κ3) is 3.58. The van der Waals surface area contributed by atoms with Crippen LogP contribution in [-0.2, 0) is 11.3 Å². The van der Waals surface area contributed by atoms with Crippen LogP contribution in [0.1, 0.15) is 38.1 Å². The Morgan fingerprint density at radius 1 is 1.23 bits per heavy atom. The number of benzene rings is 1. The van der Waals surface area contributed by atoms with Gasteiger partial charge < -0.3 is 15.0 Å². The summed E-state index contributed by atoms with van der Waals surface area (Å²) in [6, 6.07) is 0.408. The lowest BCUT2D eigenvalue weighted by atomic mass is 9.86. The van der Waals surface area contributed by atoms with Gasteiger partial charge in [0.25, 0.3) is 5.91 Å². The maximum atomic E-state index is 13.6. The van der Waals surface area contributed by atoms with Crippen molar-refractivity contribution < 1.29 is 23.5 Å². The highest BCUT2D eigenvalue weighted by Gasteiger charge is 2.33. The molecule has 0 aliphatic rings. The molecule has 6 nitrogen and oxygen atoms in total. The largest absolute Gasteiger partial charge is 0.480 e. The fraction of sp³-hybridized carbons (Fsp3) is 0.389. The molecule has 1 aromatic heterocycles. The Hall–Kier alpha value is -2.77. The number of carboxylic acids is 1. The highest BCUT2D eigenvalue weighted by Crippen LogP contribution is 2.21. The minimum Gasteiger partial charge on any atom is -0.480 e. The number of carbonyl (C=O) groups excluding carboxylic acids is 1. The number of halogens is 2. The van der Waals surface area contributed by atoms with Crippen molar-refractivity contribution in [2.75, 3.05) is 0 Å². The summed E-state index contributed by atoms with van der Waals surface area (Å²) in [5, 5.41) is 11.5. The van der Waals surface area contributed by atoms with Gasteiger partial charge in [0.15, 0.2) is 11.6 Å². The van der Waals surface area contributed by atoms with Crippen LogP contribution in [0.5, 0.6) is 0 Å². The summed E-state index contributed by atoms with van der Waals surface area (Å²) in [4.78, 5) is 36.6. The van der Waals surface area contributed by atoms with Crippen molar-refractivity contribution in [2.45, 2.75) is 40.3 Å². The van der Waals surface area contributed by atoms with Crippen LogP contribution in [-0.4, -0.2) is 27.6 Å². The fourth-order valence-electron chi connectivity index (χ4n) is 2.67. The number of aryl methyl sites for hydroxylation is 1. The molecule has 0 fully saturated rings. The van der Waals surface area contributed by atoms with Crippen LogP contribution in [0.15, 0.2) is 23.1 Å². The summed E-state index contributed by atoms with van der Waals surface area (Å²) < 4.78 is 28.5. The Morgan fingerprint density at radius 3 is 2.31 bits per heavy atom. The van der Waals surface area contributed by atoms with E-state index in [0.717, 1.165) is 12.1 Å². The van der Waals surface area contributed by atoms with E-state index >= 15 is 0 Å². The fourth-order valence-corrected chi connectivity index (χ4v) is 2.67. The molecule has 0 saturated heterocycles. The van der Waals surface area contributed by atoms with Gasteiger partial charge in [-0.15, -0.1) is 0 Å². The van der Waals surface area contributed by atoms with Gasteiger partial charge in [0.2, 0.25) is 5.43 Å². The predicted octanol–water partition coefficient (Wildman–Crippen LogP) is 2.53. The number of aromatic nitrogens is 1. The molecular formula is C18H20F2N2O4. The Balaban J connectivity index is 2.61. The number of amides is 1. The van der Waals surface area contributed by atoms with Crippen LogP contribution >= 0.6 is 0 Å². The summed E-state index contributed by atoms with van der Waals surface area (Å²) in [5.41, 5.74) is -1.77. The highest BCUT2D eigenvalue weighted by atomic mass is 19.2. The molecule has 0 saturated carbocycles. The summed E-state index contributed by atoms with van der Waals surface area (Å²) in [6.45, 7) is 6.91. The molecule has 0 aliphatic carbocycles. The Morgan fingerprint density at radius 2 is 1.81 bits per heavy atom. The van der Waals surface area contributed by atoms with E-state index in [2.05, 4.69) is 5.32 Å². The van der Waals surface area contributed by atoms with Gasteiger partial charge in [0, 0.05) is 24.2 Å². The summed E-state index contributed by atoms with van der Waals surface area (Å²) in [6.07, 6.45) is 1.22. The molecule has 1 unspecified atom stereocenters. The van der Waals surface area contributed by atoms with Gasteiger partial charge in [-0.1, -0.05) is 20.8 Å². The van der Waals surface area contributed by atoms with E-state index in [1.807, 2.05) is 0 Å². The maximum absolute atomic E-state index is 13.6. The SMILES string of the molecule is CCn1cc(C(=O)NC(C(=O)O)C(C)(C)C)c(=O)c2cc(F)c(F)cc21. The second-order valence-electron chi connectivity index (χ2n) is 7.05. The van der Waals surface area contributed by atoms with Gasteiger partial charge in [-0.3, -0.25) is 9.59 Å². The lowest BCUT2D eigenvalue weighted by Crippen LogP contribution is -2.50. The number of hydrogen-bond donors (Lipinski definition) is 2. The van der Waals surface area contributed by atoms with Crippen LogP contribution in [0.25, 0.3) is 10.9 Å². The van der Waals surface area contributed by atoms with Crippen LogP contribution in [0.2, 0.25) is 0 Å². The Kier molecular flexibility index (Phi) is 5.16. The first kappa shape index (κ1) is 19.6. The molecule has 0 radical (unpaired) electrons. The zero-order valence-corrected chi connectivity index (χ0v) is 14.9. The maximum Gasteiger partial charge on any atom is 0.326 e. The molecule has 2 aromatic rings. The molecule has 140 valence electrons. The second-order valence-corrected chi connectivity index (χ2v) is 7.05. The molecule has 0 aliphatic heterocycles. The van der Waals surface area contributed by atoms with Crippen LogP contribution < -0.4 is 10.7 Å². The van der Waals surface area contributed by atoms with Gasteiger partial charge >= 0.3 is 5.97 Å².